The molecule has 3 rings (SSSR count). The Labute approximate surface area is 143 Å². The number of aromatic nitrogens is 2. The van der Waals surface area contributed by atoms with Crippen LogP contribution in [0.15, 0.2) is 27.8 Å². The van der Waals surface area contributed by atoms with Crippen molar-refractivity contribution in [1.82, 2.24) is 9.13 Å². The minimum absolute atomic E-state index is 0.0496. The van der Waals surface area contributed by atoms with Gasteiger partial charge < -0.3 is 10.2 Å². The molecule has 2 aromatic rings. The normalized spacial score (nSPS) is 13.8. The summed E-state index contributed by atoms with van der Waals surface area (Å²) < 4.78 is 16.1. The molecule has 0 bridgehead atoms. The van der Waals surface area contributed by atoms with Gasteiger partial charge in [0.25, 0.3) is 5.56 Å². The van der Waals surface area contributed by atoms with Gasteiger partial charge in [-0.15, -0.1) is 0 Å². The summed E-state index contributed by atoms with van der Waals surface area (Å²) >= 11 is 0. The third-order valence-corrected chi connectivity index (χ3v) is 4.39. The molecule has 7 nitrogen and oxygen atoms in total. The minimum Gasteiger partial charge on any atom is -0.371 e. The van der Waals surface area contributed by atoms with Crippen LogP contribution in [0.3, 0.4) is 0 Å². The van der Waals surface area contributed by atoms with E-state index >= 15 is 0 Å². The fourth-order valence-corrected chi connectivity index (χ4v) is 3.03. The minimum atomic E-state index is -0.690. The van der Waals surface area contributed by atoms with Gasteiger partial charge in [0.2, 0.25) is 0 Å². The van der Waals surface area contributed by atoms with Gasteiger partial charge in [-0.1, -0.05) is 0 Å². The van der Waals surface area contributed by atoms with Crippen molar-refractivity contribution >= 4 is 17.2 Å². The average Bonchev–Trinajstić information content (AvgIpc) is 3.12. The lowest BCUT2D eigenvalue weighted by Gasteiger charge is -2.20. The van der Waals surface area contributed by atoms with Crippen molar-refractivity contribution in [2.45, 2.75) is 12.8 Å². The maximum atomic E-state index is 14.0. The van der Waals surface area contributed by atoms with E-state index in [0.29, 0.717) is 5.69 Å². The molecule has 1 aromatic heterocycles. The smallest absolute Gasteiger partial charge is 0.332 e. The van der Waals surface area contributed by atoms with Crippen molar-refractivity contribution in [2.24, 2.45) is 14.1 Å². The molecule has 1 N–H and O–H groups in total. The van der Waals surface area contributed by atoms with Gasteiger partial charge in [0.05, 0.1) is 0 Å². The van der Waals surface area contributed by atoms with Gasteiger partial charge in [0.1, 0.15) is 17.7 Å². The molecule has 0 saturated carbocycles. The second kappa shape index (κ2) is 6.43. The second-order valence-electron chi connectivity index (χ2n) is 6.06. The quantitative estimate of drug-likeness (QED) is 0.912. The van der Waals surface area contributed by atoms with E-state index in [1.165, 1.54) is 30.8 Å². The Morgan fingerprint density at radius 1 is 1.12 bits per heavy atom. The van der Waals surface area contributed by atoms with Crippen LogP contribution in [-0.4, -0.2) is 22.2 Å². The topological polar surface area (TPSA) is 83.1 Å². The molecule has 0 atom stereocenters. The summed E-state index contributed by atoms with van der Waals surface area (Å²) in [6, 6.07) is 6.28. The summed E-state index contributed by atoms with van der Waals surface area (Å²) in [6.07, 6.45) is 2.11. The fraction of sp³-hybridized carbons (Fsp3) is 0.353. The Kier molecular flexibility index (Phi) is 4.31. The molecular weight excluding hydrogens is 325 g/mol. The molecule has 0 amide bonds. The van der Waals surface area contributed by atoms with Gasteiger partial charge in [-0.3, -0.25) is 13.9 Å². The number of nitrogens with one attached hydrogen (secondary N) is 1. The first-order chi connectivity index (χ1) is 11.9. The van der Waals surface area contributed by atoms with Crippen molar-refractivity contribution in [3.63, 3.8) is 0 Å². The number of nitrogens with zero attached hydrogens (tertiary/aromatic N) is 4. The van der Waals surface area contributed by atoms with Crippen molar-refractivity contribution < 1.29 is 4.39 Å². The highest BCUT2D eigenvalue weighted by atomic mass is 19.1. The third kappa shape index (κ3) is 3.01. The number of hydrogen-bond acceptors (Lipinski definition) is 5. The molecule has 0 aliphatic carbocycles. The van der Waals surface area contributed by atoms with Crippen molar-refractivity contribution in [1.29, 1.82) is 5.26 Å². The first-order valence-electron chi connectivity index (χ1n) is 7.95. The van der Waals surface area contributed by atoms with Gasteiger partial charge in [-0.25, -0.2) is 9.18 Å². The van der Waals surface area contributed by atoms with E-state index in [9.17, 15) is 19.2 Å². The molecule has 25 heavy (non-hydrogen) atoms. The molecule has 0 radical (unpaired) electrons. The summed E-state index contributed by atoms with van der Waals surface area (Å²) in [4.78, 5) is 26.3. The maximum absolute atomic E-state index is 14.0. The van der Waals surface area contributed by atoms with Crippen LogP contribution in [0.2, 0.25) is 0 Å². The zero-order chi connectivity index (χ0) is 18.1. The predicted octanol–water partition coefficient (Wildman–Crippen LogP) is 1.44. The van der Waals surface area contributed by atoms with Crippen LogP contribution in [0.4, 0.5) is 21.6 Å². The zero-order valence-corrected chi connectivity index (χ0v) is 14.0. The van der Waals surface area contributed by atoms with Crippen LogP contribution in [-0.2, 0) is 14.1 Å². The molecule has 0 spiro atoms. The molecule has 1 aliphatic rings. The molecule has 0 unspecified atom stereocenters. The lowest BCUT2D eigenvalue weighted by atomic mass is 10.2. The van der Waals surface area contributed by atoms with Crippen molar-refractivity contribution in [2.75, 3.05) is 23.3 Å². The van der Waals surface area contributed by atoms with Gasteiger partial charge in [0, 0.05) is 38.6 Å². The Morgan fingerprint density at radius 3 is 2.44 bits per heavy atom. The summed E-state index contributed by atoms with van der Waals surface area (Å²) in [5.74, 6) is -0.382. The summed E-state index contributed by atoms with van der Waals surface area (Å²) in [5, 5.41) is 12.2. The van der Waals surface area contributed by atoms with E-state index in [1.54, 1.807) is 6.07 Å². The SMILES string of the molecule is Cn1c(Nc2cc(F)cc(N3CCCC3)c2)c(C#N)c(=O)n(C)c1=O. The zero-order valence-electron chi connectivity index (χ0n) is 14.0. The van der Waals surface area contributed by atoms with E-state index in [0.717, 1.165) is 36.2 Å². The highest BCUT2D eigenvalue weighted by Crippen LogP contribution is 2.27. The predicted molar refractivity (Wildman–Crippen MR) is 92.8 cm³/mol. The van der Waals surface area contributed by atoms with E-state index in [4.69, 9.17) is 0 Å². The highest BCUT2D eigenvalue weighted by molar-refractivity contribution is 5.67. The van der Waals surface area contributed by atoms with Gasteiger partial charge in [0.15, 0.2) is 5.56 Å². The number of nitriles is 1. The Morgan fingerprint density at radius 2 is 1.80 bits per heavy atom. The number of halogens is 1. The lowest BCUT2D eigenvalue weighted by molar-refractivity contribution is 0.627. The summed E-state index contributed by atoms with van der Waals surface area (Å²) in [5.41, 5.74) is -0.350. The van der Waals surface area contributed by atoms with Crippen LogP contribution in [0.25, 0.3) is 0 Å². The molecule has 2 heterocycles. The van der Waals surface area contributed by atoms with Gasteiger partial charge in [-0.05, 0) is 31.0 Å². The van der Waals surface area contributed by atoms with Crippen LogP contribution >= 0.6 is 0 Å². The van der Waals surface area contributed by atoms with Crippen LogP contribution < -0.4 is 21.5 Å². The van der Waals surface area contributed by atoms with Crippen molar-refractivity contribution in [3.8, 4) is 6.07 Å². The Hall–Kier alpha value is -3.08. The monoisotopic (exact) mass is 343 g/mol. The van der Waals surface area contributed by atoms with E-state index in [-0.39, 0.29) is 11.4 Å². The van der Waals surface area contributed by atoms with E-state index in [2.05, 4.69) is 10.2 Å². The Bertz CT molecular complexity index is 980. The van der Waals surface area contributed by atoms with Crippen molar-refractivity contribution in [3.05, 3.63) is 50.4 Å². The second-order valence-corrected chi connectivity index (χ2v) is 6.06. The highest BCUT2D eigenvalue weighted by Gasteiger charge is 2.18. The molecule has 1 fully saturated rings. The average molecular weight is 343 g/mol. The molecular formula is C17H18FN5O2. The third-order valence-electron chi connectivity index (χ3n) is 4.39. The van der Waals surface area contributed by atoms with Crippen LogP contribution in [0.1, 0.15) is 18.4 Å². The van der Waals surface area contributed by atoms with E-state index in [1.807, 2.05) is 6.07 Å². The number of anilines is 3. The Balaban J connectivity index is 2.08. The molecule has 130 valence electrons. The molecule has 1 aromatic carbocycles. The number of benzene rings is 1. The maximum Gasteiger partial charge on any atom is 0.332 e. The van der Waals surface area contributed by atoms with Gasteiger partial charge in [-0.2, -0.15) is 5.26 Å². The van der Waals surface area contributed by atoms with E-state index < -0.39 is 17.1 Å². The summed E-state index contributed by atoms with van der Waals surface area (Å²) in [7, 11) is 2.76. The first-order valence-corrected chi connectivity index (χ1v) is 7.95. The van der Waals surface area contributed by atoms with Crippen LogP contribution in [0.5, 0.6) is 0 Å². The largest absolute Gasteiger partial charge is 0.371 e. The standard InChI is InChI=1S/C17H18FN5O2/c1-21-15(14(10-19)16(24)22(2)17(21)25)20-12-7-11(18)8-13(9-12)23-5-3-4-6-23/h7-9,20H,3-6H2,1-2H3. The molecule has 1 aliphatic heterocycles. The number of hydrogen-bond donors (Lipinski definition) is 1. The number of rotatable bonds is 3. The lowest BCUT2D eigenvalue weighted by Crippen LogP contribution is -2.39. The fourth-order valence-electron chi connectivity index (χ4n) is 3.03. The van der Waals surface area contributed by atoms with Crippen LogP contribution in [0, 0.1) is 17.1 Å². The molecule has 1 saturated heterocycles. The molecule has 8 heteroatoms. The summed E-state index contributed by atoms with van der Waals surface area (Å²) in [6.45, 7) is 1.72. The van der Waals surface area contributed by atoms with Gasteiger partial charge >= 0.3 is 5.69 Å². The first kappa shape index (κ1) is 16.8.